The molecule has 2 rings (SSSR count). The highest BCUT2D eigenvalue weighted by molar-refractivity contribution is 7.49. The van der Waals surface area contributed by atoms with Gasteiger partial charge in [0.05, 0.1) is 0 Å². The van der Waals surface area contributed by atoms with Gasteiger partial charge in [0.15, 0.2) is 0 Å². The van der Waals surface area contributed by atoms with Gasteiger partial charge >= 0.3 is 20.1 Å². The molecule has 2 aromatic rings. The van der Waals surface area contributed by atoms with Crippen LogP contribution in [0.15, 0.2) is 60.7 Å². The summed E-state index contributed by atoms with van der Waals surface area (Å²) in [7, 11) is -2.87. The maximum absolute atomic E-state index is 14.1. The molecule has 23 heavy (non-hydrogen) atoms. The van der Waals surface area contributed by atoms with E-state index in [0.717, 1.165) is 0 Å². The lowest BCUT2D eigenvalue weighted by Crippen LogP contribution is -2.42. The second-order valence-corrected chi connectivity index (χ2v) is 5.77. The second kappa shape index (κ2) is 7.15. The fourth-order valence-corrected chi connectivity index (χ4v) is 2.71. The van der Waals surface area contributed by atoms with Crippen LogP contribution >= 0.6 is 8.38 Å². The molecule has 8 heteroatoms. The molecule has 0 fully saturated rings. The van der Waals surface area contributed by atoms with E-state index < -0.39 is 20.1 Å². The van der Waals surface area contributed by atoms with Gasteiger partial charge in [0.25, 0.3) is 0 Å². The fourth-order valence-electron chi connectivity index (χ4n) is 1.52. The lowest BCUT2D eigenvalue weighted by atomic mass is 10.3. The largest absolute Gasteiger partial charge is 0.434 e. The number of hydrogen-bond donors (Lipinski definition) is 0. The maximum Gasteiger partial charge on any atom is 0.430 e. The summed E-state index contributed by atoms with van der Waals surface area (Å²) in [4.78, 5) is 0. The van der Waals surface area contributed by atoms with E-state index in [4.69, 9.17) is 9.05 Å². The predicted octanol–water partition coefficient (Wildman–Crippen LogP) is 5.29. The van der Waals surface area contributed by atoms with E-state index in [1.807, 2.05) is 0 Å². The zero-order valence-corrected chi connectivity index (χ0v) is 12.9. The maximum atomic E-state index is 14.1. The van der Waals surface area contributed by atoms with E-state index in [1.165, 1.54) is 48.5 Å². The second-order valence-electron chi connectivity index (χ2n) is 4.33. The molecule has 0 heterocycles. The SMILES string of the molecule is COC(F)(F)C(F)(F)P(Oc1ccccc1)Oc1ccccc1. The Morgan fingerprint density at radius 1 is 0.739 bits per heavy atom. The third-order valence-corrected chi connectivity index (χ3v) is 4.17. The van der Waals surface area contributed by atoms with Crippen molar-refractivity contribution in [2.45, 2.75) is 11.8 Å². The molecule has 0 spiro atoms. The highest BCUT2D eigenvalue weighted by atomic mass is 31.2. The Bertz CT molecular complexity index is 569. The van der Waals surface area contributed by atoms with Gasteiger partial charge in [-0.25, -0.2) is 0 Å². The van der Waals surface area contributed by atoms with Gasteiger partial charge < -0.3 is 13.8 Å². The van der Waals surface area contributed by atoms with Crippen molar-refractivity contribution in [3.63, 3.8) is 0 Å². The third kappa shape index (κ3) is 4.12. The molecule has 0 aliphatic heterocycles. The Morgan fingerprint density at radius 2 is 1.13 bits per heavy atom. The molecule has 0 radical (unpaired) electrons. The van der Waals surface area contributed by atoms with Crippen LogP contribution in [0.25, 0.3) is 0 Å². The Kier molecular flexibility index (Phi) is 5.44. The molecule has 124 valence electrons. The van der Waals surface area contributed by atoms with Crippen LogP contribution in [0.3, 0.4) is 0 Å². The minimum atomic E-state index is -4.73. The molecule has 0 saturated carbocycles. The molecule has 0 atom stereocenters. The molecular weight excluding hydrogens is 335 g/mol. The van der Waals surface area contributed by atoms with Crippen LogP contribution in [-0.4, -0.2) is 18.9 Å². The van der Waals surface area contributed by atoms with Crippen molar-refractivity contribution in [3.05, 3.63) is 60.7 Å². The zero-order chi connectivity index (χ0) is 16.9. The monoisotopic (exact) mass is 348 g/mol. The molecule has 3 nitrogen and oxygen atoms in total. The molecule has 0 N–H and O–H groups in total. The smallest absolute Gasteiger partial charge is 0.430 e. The van der Waals surface area contributed by atoms with E-state index in [0.29, 0.717) is 7.11 Å². The quantitative estimate of drug-likeness (QED) is 0.503. The summed E-state index contributed by atoms with van der Waals surface area (Å²) < 4.78 is 68.9. The van der Waals surface area contributed by atoms with Crippen LogP contribution in [0.5, 0.6) is 11.5 Å². The number of methoxy groups -OCH3 is 1. The normalized spacial score (nSPS) is 12.3. The average molecular weight is 348 g/mol. The van der Waals surface area contributed by atoms with Gasteiger partial charge in [0.2, 0.25) is 0 Å². The predicted molar refractivity (Wildman–Crippen MR) is 78.0 cm³/mol. The minimum Gasteiger partial charge on any atom is -0.434 e. The summed E-state index contributed by atoms with van der Waals surface area (Å²) in [5, 5.41) is 0. The number of alkyl halides is 4. The van der Waals surface area contributed by atoms with Crippen molar-refractivity contribution in [1.29, 1.82) is 0 Å². The number of ether oxygens (including phenoxy) is 1. The van der Waals surface area contributed by atoms with Crippen LogP contribution in [-0.2, 0) is 4.74 Å². The summed E-state index contributed by atoms with van der Waals surface area (Å²) in [6.07, 6.45) is -4.73. The first kappa shape index (κ1) is 17.5. The molecule has 0 aliphatic rings. The third-order valence-electron chi connectivity index (χ3n) is 2.70. The summed E-state index contributed by atoms with van der Waals surface area (Å²) in [6, 6.07) is 14.8. The molecular formula is C15H13F4O3P. The molecule has 0 bridgehead atoms. The fraction of sp³-hybridized carbons (Fsp3) is 0.200. The molecule has 0 saturated heterocycles. The summed E-state index contributed by atoms with van der Waals surface area (Å²) in [5.41, 5.74) is -4.66. The van der Waals surface area contributed by atoms with Crippen molar-refractivity contribution in [3.8, 4) is 11.5 Å². The molecule has 0 aliphatic carbocycles. The first-order chi connectivity index (χ1) is 10.9. The summed E-state index contributed by atoms with van der Waals surface area (Å²) in [5.74, 6) is -0.0257. The summed E-state index contributed by atoms with van der Waals surface area (Å²) in [6.45, 7) is 0. The van der Waals surface area contributed by atoms with E-state index >= 15 is 0 Å². The van der Waals surface area contributed by atoms with Gasteiger partial charge in [0, 0.05) is 7.11 Å². The van der Waals surface area contributed by atoms with E-state index in [1.54, 1.807) is 12.1 Å². The van der Waals surface area contributed by atoms with Crippen LogP contribution in [0.2, 0.25) is 0 Å². The number of para-hydroxylation sites is 2. The van der Waals surface area contributed by atoms with Gasteiger partial charge in [-0.15, -0.1) is 0 Å². The van der Waals surface area contributed by atoms with Crippen LogP contribution in [0, 0.1) is 0 Å². The van der Waals surface area contributed by atoms with Gasteiger partial charge in [-0.05, 0) is 24.3 Å². The van der Waals surface area contributed by atoms with Crippen LogP contribution in [0.4, 0.5) is 17.6 Å². The van der Waals surface area contributed by atoms with Crippen molar-refractivity contribution in [1.82, 2.24) is 0 Å². The molecule has 0 aromatic heterocycles. The summed E-state index contributed by atoms with van der Waals surface area (Å²) >= 11 is 0. The van der Waals surface area contributed by atoms with Crippen molar-refractivity contribution in [2.24, 2.45) is 0 Å². The zero-order valence-electron chi connectivity index (χ0n) is 12.0. The van der Waals surface area contributed by atoms with Gasteiger partial charge in [-0.2, -0.15) is 17.6 Å². The number of halogens is 4. The van der Waals surface area contributed by atoms with Gasteiger partial charge in [-0.1, -0.05) is 36.4 Å². The van der Waals surface area contributed by atoms with E-state index in [-0.39, 0.29) is 11.5 Å². The molecule has 0 amide bonds. The Labute approximate surface area is 131 Å². The lowest BCUT2D eigenvalue weighted by Gasteiger charge is -2.30. The topological polar surface area (TPSA) is 27.7 Å². The van der Waals surface area contributed by atoms with Crippen molar-refractivity contribution < 1.29 is 31.3 Å². The standard InChI is InChI=1S/C15H13F4O3P/c1-20-14(16,17)15(18,19)23(21-12-8-4-2-5-9-12)22-13-10-6-3-7-11-13/h2-11H,1H3. The van der Waals surface area contributed by atoms with Gasteiger partial charge in [-0.3, -0.25) is 0 Å². The van der Waals surface area contributed by atoms with E-state index in [9.17, 15) is 17.6 Å². The van der Waals surface area contributed by atoms with E-state index in [2.05, 4.69) is 4.74 Å². The number of hydrogen-bond acceptors (Lipinski definition) is 3. The number of rotatable bonds is 7. The molecule has 2 aromatic carbocycles. The van der Waals surface area contributed by atoms with Crippen molar-refractivity contribution >= 4 is 8.38 Å². The Hall–Kier alpha value is -1.85. The Morgan fingerprint density at radius 3 is 1.48 bits per heavy atom. The Balaban J connectivity index is 2.31. The van der Waals surface area contributed by atoms with Crippen LogP contribution < -0.4 is 9.05 Å². The first-order valence-corrected chi connectivity index (χ1v) is 7.61. The molecule has 0 unspecified atom stereocenters. The lowest BCUT2D eigenvalue weighted by molar-refractivity contribution is -0.307. The number of benzene rings is 2. The first-order valence-electron chi connectivity index (χ1n) is 6.44. The minimum absolute atomic E-state index is 0.0129. The van der Waals surface area contributed by atoms with Crippen LogP contribution in [0.1, 0.15) is 0 Å². The van der Waals surface area contributed by atoms with Gasteiger partial charge in [0.1, 0.15) is 11.5 Å². The average Bonchev–Trinajstić information content (AvgIpc) is 2.56. The highest BCUT2D eigenvalue weighted by Gasteiger charge is 2.67. The van der Waals surface area contributed by atoms with Crippen molar-refractivity contribution in [2.75, 3.05) is 7.11 Å². The highest BCUT2D eigenvalue weighted by Crippen LogP contribution is 2.60.